The summed E-state index contributed by atoms with van der Waals surface area (Å²) in [6.45, 7) is 9.18. The lowest BCUT2D eigenvalue weighted by molar-refractivity contribution is 0.0195. The second-order valence-corrected chi connectivity index (χ2v) is 8.35. The van der Waals surface area contributed by atoms with Gasteiger partial charge in [-0.1, -0.05) is 0 Å². The van der Waals surface area contributed by atoms with E-state index in [1.165, 1.54) is 18.2 Å². The van der Waals surface area contributed by atoms with Crippen LogP contribution in [-0.4, -0.2) is 72.9 Å². The minimum atomic E-state index is -1.06. The molecular formula is C20H28N6O6. The quantitative estimate of drug-likeness (QED) is 0.646. The number of esters is 1. The van der Waals surface area contributed by atoms with E-state index < -0.39 is 17.7 Å². The van der Waals surface area contributed by atoms with Crippen molar-refractivity contribution in [3.63, 3.8) is 0 Å². The summed E-state index contributed by atoms with van der Waals surface area (Å²) >= 11 is 0. The number of nitrogens with one attached hydrogen (secondary N) is 1. The van der Waals surface area contributed by atoms with Gasteiger partial charge in [0.15, 0.2) is 11.4 Å². The predicted octanol–water partition coefficient (Wildman–Crippen LogP) is 1.10. The van der Waals surface area contributed by atoms with Crippen LogP contribution in [0.5, 0.6) is 0 Å². The molecule has 174 valence electrons. The van der Waals surface area contributed by atoms with Gasteiger partial charge in [0.05, 0.1) is 20.2 Å². The monoisotopic (exact) mass is 448 g/mol. The zero-order chi connectivity index (χ0) is 23.5. The van der Waals surface area contributed by atoms with E-state index in [2.05, 4.69) is 20.0 Å². The number of aromatic carboxylic acids is 1. The van der Waals surface area contributed by atoms with Crippen molar-refractivity contribution in [3.05, 3.63) is 35.4 Å². The third-order valence-corrected chi connectivity index (χ3v) is 4.74. The van der Waals surface area contributed by atoms with Gasteiger partial charge in [0, 0.05) is 38.6 Å². The Labute approximate surface area is 185 Å². The predicted molar refractivity (Wildman–Crippen MR) is 111 cm³/mol. The first kappa shape index (κ1) is 23.3. The van der Waals surface area contributed by atoms with Gasteiger partial charge in [-0.3, -0.25) is 4.90 Å². The van der Waals surface area contributed by atoms with Gasteiger partial charge in [0.1, 0.15) is 17.2 Å². The number of imidazole rings is 2. The Balaban J connectivity index is 0.000000193. The summed E-state index contributed by atoms with van der Waals surface area (Å²) in [5.74, 6) is 0.0220. The Morgan fingerprint density at radius 3 is 2.31 bits per heavy atom. The van der Waals surface area contributed by atoms with E-state index in [4.69, 9.17) is 9.84 Å². The Bertz CT molecular complexity index is 981. The van der Waals surface area contributed by atoms with Crippen LogP contribution in [0.15, 0.2) is 12.4 Å². The summed E-state index contributed by atoms with van der Waals surface area (Å²) < 4.78 is 13.6. The second-order valence-electron chi connectivity index (χ2n) is 8.35. The molecule has 0 aliphatic carbocycles. The number of hydrogen-bond donors (Lipinski definition) is 2. The summed E-state index contributed by atoms with van der Waals surface area (Å²) in [7, 11) is 1.36. The molecule has 0 saturated heterocycles. The van der Waals surface area contributed by atoms with Crippen LogP contribution in [0, 0.1) is 0 Å². The van der Waals surface area contributed by atoms with Crippen molar-refractivity contribution in [1.82, 2.24) is 29.3 Å². The molecule has 2 aromatic rings. The van der Waals surface area contributed by atoms with Crippen LogP contribution in [0.25, 0.3) is 0 Å². The molecule has 0 atom stereocenters. The Morgan fingerprint density at radius 1 is 1.03 bits per heavy atom. The molecule has 4 heterocycles. The van der Waals surface area contributed by atoms with Crippen molar-refractivity contribution in [2.24, 2.45) is 0 Å². The fourth-order valence-electron chi connectivity index (χ4n) is 3.23. The summed E-state index contributed by atoms with van der Waals surface area (Å²) in [6, 6.07) is 0. The molecule has 0 spiro atoms. The highest BCUT2D eigenvalue weighted by atomic mass is 16.6. The van der Waals surface area contributed by atoms with E-state index in [1.807, 2.05) is 4.57 Å². The van der Waals surface area contributed by atoms with Crippen molar-refractivity contribution in [1.29, 1.82) is 0 Å². The van der Waals surface area contributed by atoms with Gasteiger partial charge in [-0.25, -0.2) is 24.4 Å². The lowest BCUT2D eigenvalue weighted by Crippen LogP contribution is -2.41. The van der Waals surface area contributed by atoms with Crippen LogP contribution >= 0.6 is 0 Å². The maximum absolute atomic E-state index is 11.9. The first-order valence-corrected chi connectivity index (χ1v) is 10.2. The topological polar surface area (TPSA) is 141 Å². The van der Waals surface area contributed by atoms with Crippen LogP contribution in [0.1, 0.15) is 53.4 Å². The number of amides is 1. The molecular weight excluding hydrogens is 420 g/mol. The smallest absolute Gasteiger partial charge is 0.410 e. The van der Waals surface area contributed by atoms with Gasteiger partial charge in [-0.2, -0.15) is 0 Å². The number of aromatic nitrogens is 4. The summed E-state index contributed by atoms with van der Waals surface area (Å²) in [5.41, 5.74) is -0.154. The van der Waals surface area contributed by atoms with E-state index >= 15 is 0 Å². The van der Waals surface area contributed by atoms with Gasteiger partial charge in [0.25, 0.3) is 0 Å². The molecule has 2 aromatic heterocycles. The third-order valence-electron chi connectivity index (χ3n) is 4.74. The van der Waals surface area contributed by atoms with E-state index in [9.17, 15) is 14.4 Å². The van der Waals surface area contributed by atoms with E-state index in [1.54, 1.807) is 31.5 Å². The number of carboxylic acids is 1. The number of methoxy groups -OCH3 is 1. The van der Waals surface area contributed by atoms with Gasteiger partial charge >= 0.3 is 18.0 Å². The molecule has 0 saturated carbocycles. The number of hydrogen-bond acceptors (Lipinski definition) is 8. The Morgan fingerprint density at radius 2 is 1.69 bits per heavy atom. The zero-order valence-electron chi connectivity index (χ0n) is 18.6. The van der Waals surface area contributed by atoms with Crippen LogP contribution < -0.4 is 5.32 Å². The molecule has 0 aromatic carbocycles. The first-order valence-electron chi connectivity index (χ1n) is 10.2. The van der Waals surface area contributed by atoms with Crippen LogP contribution in [-0.2, 0) is 35.7 Å². The minimum Gasteiger partial charge on any atom is -0.476 e. The number of nitrogens with zero attached hydrogens (tertiary/aromatic N) is 5. The summed E-state index contributed by atoms with van der Waals surface area (Å²) in [4.78, 5) is 43.5. The molecule has 0 unspecified atom stereocenters. The number of carboxylic acid groups (broad SMARTS) is 1. The highest BCUT2D eigenvalue weighted by molar-refractivity contribution is 5.87. The molecule has 4 rings (SSSR count). The normalized spacial score (nSPS) is 15.1. The van der Waals surface area contributed by atoms with Gasteiger partial charge in [-0.05, 0) is 20.8 Å². The number of fused-ring (bicyclic) bond motifs is 2. The molecule has 12 heteroatoms. The van der Waals surface area contributed by atoms with Crippen LogP contribution in [0.4, 0.5) is 4.79 Å². The molecule has 0 radical (unpaired) electrons. The largest absolute Gasteiger partial charge is 0.476 e. The maximum Gasteiger partial charge on any atom is 0.410 e. The third kappa shape index (κ3) is 5.63. The molecule has 2 N–H and O–H groups in total. The van der Waals surface area contributed by atoms with Crippen molar-refractivity contribution in [3.8, 4) is 0 Å². The van der Waals surface area contributed by atoms with E-state index in [0.29, 0.717) is 24.6 Å². The number of ether oxygens (including phenoxy) is 2. The highest BCUT2D eigenvalue weighted by Crippen LogP contribution is 2.16. The van der Waals surface area contributed by atoms with Crippen LogP contribution in [0.2, 0.25) is 0 Å². The molecule has 1 amide bonds. The summed E-state index contributed by atoms with van der Waals surface area (Å²) in [6.07, 6.45) is 2.82. The fourth-order valence-corrected chi connectivity index (χ4v) is 3.23. The van der Waals surface area contributed by atoms with Crippen molar-refractivity contribution in [2.45, 2.75) is 52.6 Å². The number of carbonyl (C=O) groups excluding carboxylic acids is 2. The van der Waals surface area contributed by atoms with E-state index in [-0.39, 0.29) is 18.2 Å². The van der Waals surface area contributed by atoms with Crippen LogP contribution in [0.3, 0.4) is 0 Å². The average molecular weight is 448 g/mol. The lowest BCUT2D eigenvalue weighted by atomic mass is 10.2. The Hall–Kier alpha value is -3.41. The molecule has 0 bridgehead atoms. The SMILES string of the molecule is CC(C)(C)OC(=O)N1CCn2cc(C(=O)O)nc2C1.COC(=O)c1cn2c(n1)CNCC2. The first-order chi connectivity index (χ1) is 15.1. The molecule has 32 heavy (non-hydrogen) atoms. The highest BCUT2D eigenvalue weighted by Gasteiger charge is 2.27. The fraction of sp³-hybridized carbons (Fsp3) is 0.550. The van der Waals surface area contributed by atoms with Crippen molar-refractivity contribution >= 4 is 18.0 Å². The summed E-state index contributed by atoms with van der Waals surface area (Å²) in [5, 5.41) is 12.1. The molecule has 0 fully saturated rings. The average Bonchev–Trinajstić information content (AvgIpc) is 3.36. The minimum absolute atomic E-state index is 0.000962. The van der Waals surface area contributed by atoms with Gasteiger partial charge in [0.2, 0.25) is 0 Å². The number of rotatable bonds is 2. The second kappa shape index (κ2) is 9.39. The standard InChI is InChI=1S/C12H17N3O4.C8H11N3O2/c1-12(2,3)19-11(18)15-5-4-14-6-8(10(16)17)13-9(14)7-15;1-13-8(12)6-5-11-3-2-9-4-7(11)10-6/h6H,4-5,7H2,1-3H3,(H,16,17);5,9H,2-4H2,1H3. The molecule has 2 aliphatic rings. The molecule has 12 nitrogen and oxygen atoms in total. The zero-order valence-corrected chi connectivity index (χ0v) is 18.6. The maximum atomic E-state index is 11.9. The van der Waals surface area contributed by atoms with Crippen molar-refractivity contribution < 1.29 is 29.0 Å². The van der Waals surface area contributed by atoms with E-state index in [0.717, 1.165) is 25.5 Å². The number of carbonyl (C=O) groups is 3. The lowest BCUT2D eigenvalue weighted by Gasteiger charge is -2.30. The van der Waals surface area contributed by atoms with Gasteiger partial charge in [-0.15, -0.1) is 0 Å². The Kier molecular flexibility index (Phi) is 6.82. The van der Waals surface area contributed by atoms with Gasteiger partial charge < -0.3 is 29.0 Å². The molecule has 2 aliphatic heterocycles. The van der Waals surface area contributed by atoms with Crippen molar-refractivity contribution in [2.75, 3.05) is 20.2 Å².